The molecule has 0 unspecified atom stereocenters. The summed E-state index contributed by atoms with van der Waals surface area (Å²) >= 11 is 0. The Balaban J connectivity index is 0. The highest BCUT2D eigenvalue weighted by Gasteiger charge is 2.45. The van der Waals surface area contributed by atoms with Gasteiger partial charge in [0.05, 0.1) is 0 Å². The summed E-state index contributed by atoms with van der Waals surface area (Å²) in [6, 6.07) is 0. The molecule has 0 bridgehead atoms. The van der Waals surface area contributed by atoms with Crippen LogP contribution in [0.3, 0.4) is 0 Å². The van der Waals surface area contributed by atoms with E-state index in [1.807, 2.05) is 0 Å². The molecule has 0 saturated heterocycles. The van der Waals surface area contributed by atoms with Gasteiger partial charge >= 0.3 is 12.6 Å². The molecule has 18 heteroatoms. The van der Waals surface area contributed by atoms with Crippen LogP contribution in [-0.2, 0) is 0 Å². The SMILES string of the molecule is O=[N+]([O-])C([N+](=O)[O-])[N+](=O)[O-].O=[N+]([O-])C([N+](=O)[O-])[N+](=O)[O-]. The van der Waals surface area contributed by atoms with Gasteiger partial charge in [-0.2, -0.15) is 0 Å². The molecule has 0 aliphatic heterocycles. The topological polar surface area (TPSA) is 259 Å². The van der Waals surface area contributed by atoms with Crippen molar-refractivity contribution >= 4 is 0 Å². The van der Waals surface area contributed by atoms with E-state index in [0.29, 0.717) is 0 Å². The van der Waals surface area contributed by atoms with Crippen molar-refractivity contribution < 1.29 is 29.5 Å². The van der Waals surface area contributed by atoms with E-state index in [4.69, 9.17) is 0 Å². The lowest BCUT2D eigenvalue weighted by molar-refractivity contribution is -0.912. The van der Waals surface area contributed by atoms with Gasteiger partial charge in [-0.3, -0.25) is 60.7 Å². The van der Waals surface area contributed by atoms with Crippen LogP contribution in [0, 0.1) is 60.7 Å². The molecule has 0 amide bonds. The van der Waals surface area contributed by atoms with Gasteiger partial charge in [-0.1, -0.05) is 0 Å². The molecular weight excluding hydrogens is 300 g/mol. The average Bonchev–Trinajstić information content (AvgIpc) is 2.12. The van der Waals surface area contributed by atoms with Crippen molar-refractivity contribution in [2.24, 2.45) is 0 Å². The summed E-state index contributed by atoms with van der Waals surface area (Å²) in [7, 11) is 0. The van der Waals surface area contributed by atoms with Crippen LogP contribution in [0.1, 0.15) is 0 Å². The highest BCUT2D eigenvalue weighted by molar-refractivity contribution is 4.19. The molecule has 0 aliphatic rings. The minimum atomic E-state index is -2.94. The van der Waals surface area contributed by atoms with E-state index >= 15 is 0 Å². The Morgan fingerprint density at radius 3 is 0.500 bits per heavy atom. The van der Waals surface area contributed by atoms with Crippen molar-refractivity contribution in [2.45, 2.75) is 12.6 Å². The Morgan fingerprint density at radius 2 is 0.500 bits per heavy atom. The summed E-state index contributed by atoms with van der Waals surface area (Å²) < 4.78 is 0. The van der Waals surface area contributed by atoms with Crippen LogP contribution in [-0.4, -0.2) is 42.1 Å². The molecule has 0 N–H and O–H groups in total. The third-order valence-electron chi connectivity index (χ3n) is 1.13. The van der Waals surface area contributed by atoms with Crippen LogP contribution in [0.2, 0.25) is 0 Å². The molecular formula is C2H2N6O12. The quantitative estimate of drug-likeness (QED) is 0.298. The van der Waals surface area contributed by atoms with Crippen LogP contribution in [0.4, 0.5) is 0 Å². The standard InChI is InChI=1S/2CHN3O6/c2*5-2(6)1(3(7)8)4(9)10/h2*1H. The van der Waals surface area contributed by atoms with Crippen molar-refractivity contribution in [2.75, 3.05) is 0 Å². The zero-order valence-corrected chi connectivity index (χ0v) is 8.74. The molecule has 0 atom stereocenters. The third kappa shape index (κ3) is 6.21. The van der Waals surface area contributed by atoms with Crippen molar-refractivity contribution in [3.8, 4) is 0 Å². The van der Waals surface area contributed by atoms with E-state index in [9.17, 15) is 60.7 Å². The zero-order valence-electron chi connectivity index (χ0n) is 8.74. The first kappa shape index (κ1) is 18.8. The second kappa shape index (κ2) is 7.67. The lowest BCUT2D eigenvalue weighted by Gasteiger charge is -1.90. The number of nitro groups is 6. The van der Waals surface area contributed by atoms with Gasteiger partial charge in [-0.05, 0) is 0 Å². The minimum Gasteiger partial charge on any atom is -0.253 e. The van der Waals surface area contributed by atoms with Crippen LogP contribution in [0.5, 0.6) is 0 Å². The van der Waals surface area contributed by atoms with Crippen molar-refractivity contribution in [3.05, 3.63) is 60.7 Å². The van der Waals surface area contributed by atoms with Gasteiger partial charge in [-0.25, -0.2) is 0 Å². The first-order valence-electron chi connectivity index (χ1n) is 3.74. The van der Waals surface area contributed by atoms with E-state index in [1.54, 1.807) is 0 Å². The van der Waals surface area contributed by atoms with Gasteiger partial charge in [-0.15, -0.1) is 0 Å². The Morgan fingerprint density at radius 1 is 0.400 bits per heavy atom. The molecule has 0 saturated carbocycles. The third-order valence-corrected chi connectivity index (χ3v) is 1.13. The van der Waals surface area contributed by atoms with E-state index < -0.39 is 42.1 Å². The van der Waals surface area contributed by atoms with E-state index in [2.05, 4.69) is 0 Å². The lowest BCUT2D eigenvalue weighted by atomic mass is 10.9. The number of nitrogens with zero attached hydrogens (tertiary/aromatic N) is 6. The van der Waals surface area contributed by atoms with Crippen LogP contribution < -0.4 is 0 Å². The fraction of sp³-hybridized carbons (Fsp3) is 1.00. The smallest absolute Gasteiger partial charge is 0.253 e. The Kier molecular flexibility index (Phi) is 7.20. The first-order chi connectivity index (χ1) is 8.93. The van der Waals surface area contributed by atoms with Gasteiger partial charge in [0.2, 0.25) is 0 Å². The Labute approximate surface area is 104 Å². The number of rotatable bonds is 6. The van der Waals surface area contributed by atoms with Crippen molar-refractivity contribution in [3.63, 3.8) is 0 Å². The summed E-state index contributed by atoms with van der Waals surface area (Å²) in [5, 5.41) is 57.0. The molecule has 112 valence electrons. The van der Waals surface area contributed by atoms with Crippen molar-refractivity contribution in [1.82, 2.24) is 0 Å². The van der Waals surface area contributed by atoms with Gasteiger partial charge in [0.25, 0.3) is 0 Å². The Hall–Kier alpha value is -3.60. The molecule has 0 rings (SSSR count). The molecule has 0 heterocycles. The predicted molar refractivity (Wildman–Crippen MR) is 49.5 cm³/mol. The van der Waals surface area contributed by atoms with Gasteiger partial charge in [0.1, 0.15) is 0 Å². The lowest BCUT2D eigenvalue weighted by Crippen LogP contribution is -2.36. The molecule has 0 fully saturated rings. The Bertz CT molecular complexity index is 346. The molecule has 0 radical (unpaired) electrons. The second-order valence-corrected chi connectivity index (χ2v) is 2.40. The fourth-order valence-electron chi connectivity index (χ4n) is 0.462. The van der Waals surface area contributed by atoms with E-state index in [0.717, 1.165) is 0 Å². The normalized spacial score (nSPS) is 9.30. The van der Waals surface area contributed by atoms with Gasteiger partial charge in [0, 0.05) is 0 Å². The van der Waals surface area contributed by atoms with E-state index in [-0.39, 0.29) is 0 Å². The van der Waals surface area contributed by atoms with Crippen LogP contribution in [0.25, 0.3) is 0 Å². The number of hydrogen-bond donors (Lipinski definition) is 0. The highest BCUT2D eigenvalue weighted by Crippen LogP contribution is 1.91. The molecule has 0 aromatic carbocycles. The minimum absolute atomic E-state index is 1.58. The summed E-state index contributed by atoms with van der Waals surface area (Å²) in [4.78, 5) is 47.5. The zero-order chi connectivity index (χ0) is 16.6. The molecule has 0 aromatic heterocycles. The summed E-state index contributed by atoms with van der Waals surface area (Å²) in [5.41, 5.74) is 0. The first-order valence-corrected chi connectivity index (χ1v) is 3.74. The highest BCUT2D eigenvalue weighted by atomic mass is 16.7. The summed E-state index contributed by atoms with van der Waals surface area (Å²) in [6.45, 7) is 0. The monoisotopic (exact) mass is 302 g/mol. The molecule has 18 nitrogen and oxygen atoms in total. The maximum Gasteiger partial charge on any atom is 0.693 e. The number of hydrogen-bond acceptors (Lipinski definition) is 12. The van der Waals surface area contributed by atoms with Gasteiger partial charge in [0.15, 0.2) is 29.5 Å². The van der Waals surface area contributed by atoms with E-state index in [1.165, 1.54) is 0 Å². The average molecular weight is 302 g/mol. The molecule has 0 aromatic rings. The molecule has 0 spiro atoms. The maximum absolute atomic E-state index is 9.50. The van der Waals surface area contributed by atoms with Crippen molar-refractivity contribution in [1.29, 1.82) is 0 Å². The summed E-state index contributed by atoms with van der Waals surface area (Å²) in [6.07, 6.45) is -5.89. The largest absolute Gasteiger partial charge is 0.693 e. The summed E-state index contributed by atoms with van der Waals surface area (Å²) in [5.74, 6) is 0. The molecule has 0 aliphatic carbocycles. The van der Waals surface area contributed by atoms with Gasteiger partial charge < -0.3 is 0 Å². The molecule has 20 heavy (non-hydrogen) atoms. The fourth-order valence-corrected chi connectivity index (χ4v) is 0.462. The van der Waals surface area contributed by atoms with Crippen LogP contribution in [0.15, 0.2) is 0 Å². The van der Waals surface area contributed by atoms with Crippen LogP contribution >= 0.6 is 0 Å². The second-order valence-electron chi connectivity index (χ2n) is 2.40. The predicted octanol–water partition coefficient (Wildman–Crippen LogP) is -1.80. The maximum atomic E-state index is 9.50.